The zero-order valence-electron chi connectivity index (χ0n) is 12.1. The van der Waals surface area contributed by atoms with Crippen molar-refractivity contribution in [1.29, 1.82) is 0 Å². The summed E-state index contributed by atoms with van der Waals surface area (Å²) in [5.41, 5.74) is 0.820. The summed E-state index contributed by atoms with van der Waals surface area (Å²) < 4.78 is 63.2. The second kappa shape index (κ2) is 6.45. The fourth-order valence-electron chi connectivity index (χ4n) is 2.59. The van der Waals surface area contributed by atoms with Crippen molar-refractivity contribution >= 4 is 9.84 Å². The van der Waals surface area contributed by atoms with Gasteiger partial charge in [-0.05, 0) is 30.7 Å². The largest absolute Gasteiger partial charge is 0.573 e. The summed E-state index contributed by atoms with van der Waals surface area (Å²) in [5, 5.41) is 0. The third-order valence-corrected chi connectivity index (χ3v) is 5.42. The molecule has 1 aliphatic rings. The van der Waals surface area contributed by atoms with E-state index < -0.39 is 16.2 Å². The lowest BCUT2D eigenvalue weighted by atomic mass is 10.1. The van der Waals surface area contributed by atoms with Crippen molar-refractivity contribution in [2.24, 2.45) is 0 Å². The van der Waals surface area contributed by atoms with E-state index in [-0.39, 0.29) is 23.3 Å². The van der Waals surface area contributed by atoms with Gasteiger partial charge in [0.25, 0.3) is 0 Å². The molecule has 0 bridgehead atoms. The second-order valence-electron chi connectivity index (χ2n) is 5.31. The minimum atomic E-state index is -4.70. The average Bonchev–Trinajstić information content (AvgIpc) is 2.76. The van der Waals surface area contributed by atoms with Crippen molar-refractivity contribution < 1.29 is 26.3 Å². The zero-order chi connectivity index (χ0) is 16.4. The Kier molecular flexibility index (Phi) is 5.01. The van der Waals surface area contributed by atoms with Crippen LogP contribution in [-0.2, 0) is 16.4 Å². The first-order valence-electron chi connectivity index (χ1n) is 6.98. The molecular formula is C14H18F3NO3S. The smallest absolute Gasteiger partial charge is 0.406 e. The topological polar surface area (TPSA) is 46.6 Å². The minimum absolute atomic E-state index is 0.0268. The number of hydrogen-bond donors (Lipinski definition) is 0. The average molecular weight is 337 g/mol. The highest BCUT2D eigenvalue weighted by Gasteiger charge is 2.32. The third-order valence-electron chi connectivity index (χ3n) is 3.67. The number of benzene rings is 1. The van der Waals surface area contributed by atoms with E-state index in [9.17, 15) is 21.6 Å². The first kappa shape index (κ1) is 17.1. The Morgan fingerprint density at radius 3 is 2.36 bits per heavy atom. The fourth-order valence-corrected chi connectivity index (χ4v) is 4.36. The maximum absolute atomic E-state index is 12.1. The van der Waals surface area contributed by atoms with Gasteiger partial charge in [0.05, 0.1) is 11.5 Å². The Morgan fingerprint density at radius 2 is 1.91 bits per heavy atom. The summed E-state index contributed by atoms with van der Waals surface area (Å²) >= 11 is 0. The van der Waals surface area contributed by atoms with Crippen LogP contribution in [0.4, 0.5) is 13.2 Å². The first-order chi connectivity index (χ1) is 10.2. The molecule has 1 saturated heterocycles. The molecule has 0 spiro atoms. The molecule has 1 heterocycles. The molecule has 22 heavy (non-hydrogen) atoms. The van der Waals surface area contributed by atoms with Crippen LogP contribution in [0.1, 0.15) is 18.9 Å². The standard InChI is InChI=1S/C14H18F3NO3S/c1-2-18(12-7-8-22(19,20)10-12)9-11-3-5-13(6-4-11)21-14(15,16)17/h3-6,12H,2,7-10H2,1H3/t12-/m0/s1. The van der Waals surface area contributed by atoms with E-state index in [0.717, 1.165) is 5.56 Å². The number of sulfone groups is 1. The molecule has 0 unspecified atom stereocenters. The Bertz CT molecular complexity index is 599. The van der Waals surface area contributed by atoms with E-state index in [2.05, 4.69) is 4.74 Å². The number of rotatable bonds is 5. The number of nitrogens with zero attached hydrogens (tertiary/aromatic N) is 1. The third kappa shape index (κ3) is 4.88. The van der Waals surface area contributed by atoms with Gasteiger partial charge in [-0.15, -0.1) is 13.2 Å². The van der Waals surface area contributed by atoms with Gasteiger partial charge < -0.3 is 4.74 Å². The van der Waals surface area contributed by atoms with Crippen LogP contribution in [0.25, 0.3) is 0 Å². The van der Waals surface area contributed by atoms with E-state index in [1.807, 2.05) is 11.8 Å². The molecule has 124 valence electrons. The van der Waals surface area contributed by atoms with Crippen molar-refractivity contribution in [3.8, 4) is 5.75 Å². The summed E-state index contributed by atoms with van der Waals surface area (Å²) in [4.78, 5) is 2.03. The summed E-state index contributed by atoms with van der Waals surface area (Å²) in [5.74, 6) is 0.0885. The monoisotopic (exact) mass is 337 g/mol. The maximum Gasteiger partial charge on any atom is 0.573 e. The number of alkyl halides is 3. The van der Waals surface area contributed by atoms with Gasteiger partial charge >= 0.3 is 6.36 Å². The van der Waals surface area contributed by atoms with Crippen LogP contribution in [0.2, 0.25) is 0 Å². The molecule has 1 aromatic carbocycles. The first-order valence-corrected chi connectivity index (χ1v) is 8.80. The number of ether oxygens (including phenoxy) is 1. The summed E-state index contributed by atoms with van der Waals surface area (Å²) in [6.45, 7) is 3.12. The Balaban J connectivity index is 2.00. The highest BCUT2D eigenvalue weighted by Crippen LogP contribution is 2.24. The van der Waals surface area contributed by atoms with Crippen LogP contribution >= 0.6 is 0 Å². The molecule has 0 amide bonds. The van der Waals surface area contributed by atoms with Crippen LogP contribution in [0.3, 0.4) is 0 Å². The number of hydrogen-bond acceptors (Lipinski definition) is 4. The highest BCUT2D eigenvalue weighted by molar-refractivity contribution is 7.91. The predicted molar refractivity (Wildman–Crippen MR) is 76.3 cm³/mol. The van der Waals surface area contributed by atoms with Gasteiger partial charge in [-0.2, -0.15) is 0 Å². The van der Waals surface area contributed by atoms with Crippen molar-refractivity contribution in [3.63, 3.8) is 0 Å². The van der Waals surface area contributed by atoms with Gasteiger partial charge in [0.2, 0.25) is 0 Å². The molecule has 0 aromatic heterocycles. The summed E-state index contributed by atoms with van der Waals surface area (Å²) in [6.07, 6.45) is -4.10. The van der Waals surface area contributed by atoms with E-state index in [1.54, 1.807) is 12.1 Å². The molecular weight excluding hydrogens is 319 g/mol. The molecule has 2 rings (SSSR count). The van der Waals surface area contributed by atoms with Crippen LogP contribution in [0, 0.1) is 0 Å². The molecule has 1 atom stereocenters. The predicted octanol–water partition coefficient (Wildman–Crippen LogP) is 2.59. The molecule has 1 fully saturated rings. The van der Waals surface area contributed by atoms with Crippen LogP contribution in [0.5, 0.6) is 5.75 Å². The summed E-state index contributed by atoms with van der Waals surface area (Å²) in [7, 11) is -2.96. The Labute approximate surface area is 127 Å². The van der Waals surface area contributed by atoms with E-state index in [0.29, 0.717) is 19.5 Å². The molecule has 0 saturated carbocycles. The molecule has 1 aliphatic heterocycles. The molecule has 8 heteroatoms. The lowest BCUT2D eigenvalue weighted by Gasteiger charge is -2.26. The van der Waals surface area contributed by atoms with E-state index in [4.69, 9.17) is 0 Å². The fraction of sp³-hybridized carbons (Fsp3) is 0.571. The van der Waals surface area contributed by atoms with E-state index >= 15 is 0 Å². The minimum Gasteiger partial charge on any atom is -0.406 e. The van der Waals surface area contributed by atoms with Gasteiger partial charge in [0.1, 0.15) is 5.75 Å². The lowest BCUT2D eigenvalue weighted by molar-refractivity contribution is -0.274. The molecule has 4 nitrogen and oxygen atoms in total. The SMILES string of the molecule is CCN(Cc1ccc(OC(F)(F)F)cc1)[C@H]1CCS(=O)(=O)C1. The lowest BCUT2D eigenvalue weighted by Crippen LogP contribution is -2.35. The van der Waals surface area contributed by atoms with Gasteiger partial charge in [-0.3, -0.25) is 4.90 Å². The van der Waals surface area contributed by atoms with Crippen molar-refractivity contribution in [2.75, 3.05) is 18.1 Å². The maximum atomic E-state index is 12.1. The van der Waals surface area contributed by atoms with Crippen molar-refractivity contribution in [3.05, 3.63) is 29.8 Å². The molecule has 1 aromatic rings. The van der Waals surface area contributed by atoms with Crippen LogP contribution in [-0.4, -0.2) is 43.8 Å². The van der Waals surface area contributed by atoms with Crippen molar-refractivity contribution in [1.82, 2.24) is 4.90 Å². The van der Waals surface area contributed by atoms with Crippen LogP contribution < -0.4 is 4.74 Å². The molecule has 0 aliphatic carbocycles. The normalized spacial score (nSPS) is 21.2. The second-order valence-corrected chi connectivity index (χ2v) is 7.54. The van der Waals surface area contributed by atoms with Gasteiger partial charge in [0, 0.05) is 12.6 Å². The summed E-state index contributed by atoms with van der Waals surface area (Å²) in [6, 6.07) is 5.63. The van der Waals surface area contributed by atoms with Gasteiger partial charge in [0.15, 0.2) is 9.84 Å². The Morgan fingerprint density at radius 1 is 1.27 bits per heavy atom. The zero-order valence-corrected chi connectivity index (χ0v) is 13.0. The highest BCUT2D eigenvalue weighted by atomic mass is 32.2. The van der Waals surface area contributed by atoms with E-state index in [1.165, 1.54) is 12.1 Å². The quantitative estimate of drug-likeness (QED) is 0.829. The molecule has 0 N–H and O–H groups in total. The van der Waals surface area contributed by atoms with Crippen LogP contribution in [0.15, 0.2) is 24.3 Å². The number of halogens is 3. The van der Waals surface area contributed by atoms with Gasteiger partial charge in [-0.1, -0.05) is 19.1 Å². The van der Waals surface area contributed by atoms with Crippen molar-refractivity contribution in [2.45, 2.75) is 32.3 Å². The molecule has 0 radical (unpaired) electrons. The van der Waals surface area contributed by atoms with Gasteiger partial charge in [-0.25, -0.2) is 8.42 Å². The Hall–Kier alpha value is -1.28.